The van der Waals surface area contributed by atoms with Crippen molar-refractivity contribution >= 4 is 11.7 Å². The number of ketones is 1. The predicted molar refractivity (Wildman–Crippen MR) is 44.9 cm³/mol. The fourth-order valence-corrected chi connectivity index (χ4v) is 2.61. The lowest BCUT2D eigenvalue weighted by Gasteiger charge is -2.52. The van der Waals surface area contributed by atoms with Crippen molar-refractivity contribution in [2.24, 2.45) is 5.92 Å². The Morgan fingerprint density at radius 3 is 2.77 bits per heavy atom. The highest BCUT2D eigenvalue weighted by Crippen LogP contribution is 2.45. The molecule has 0 aromatic heterocycles. The van der Waals surface area contributed by atoms with Crippen LogP contribution in [0.5, 0.6) is 0 Å². The summed E-state index contributed by atoms with van der Waals surface area (Å²) in [5.41, 5.74) is -0.400. The van der Waals surface area contributed by atoms with Crippen LogP contribution in [0.25, 0.3) is 0 Å². The molecule has 2 fully saturated rings. The standard InChI is InChI=1S/C9H13NO3/c1-5(11)7-8(13)10-4-6(12)3-9(7,10)2/h5,7,11H,3-4H2,1-2H3/t5-,7+,9-/m1/s1. The van der Waals surface area contributed by atoms with Gasteiger partial charge in [-0.25, -0.2) is 0 Å². The Morgan fingerprint density at radius 1 is 1.62 bits per heavy atom. The zero-order valence-electron chi connectivity index (χ0n) is 7.78. The molecule has 3 atom stereocenters. The summed E-state index contributed by atoms with van der Waals surface area (Å²) in [6.45, 7) is 3.71. The van der Waals surface area contributed by atoms with Gasteiger partial charge in [-0.05, 0) is 13.8 Å². The van der Waals surface area contributed by atoms with Crippen molar-refractivity contribution in [2.75, 3.05) is 6.54 Å². The maximum atomic E-state index is 11.4. The van der Waals surface area contributed by atoms with E-state index in [2.05, 4.69) is 0 Å². The van der Waals surface area contributed by atoms with E-state index in [1.807, 2.05) is 6.92 Å². The average molecular weight is 183 g/mol. The molecule has 4 nitrogen and oxygen atoms in total. The average Bonchev–Trinajstić information content (AvgIpc) is 2.22. The van der Waals surface area contributed by atoms with Crippen molar-refractivity contribution in [1.29, 1.82) is 0 Å². The van der Waals surface area contributed by atoms with Crippen LogP contribution >= 0.6 is 0 Å². The Labute approximate surface area is 76.5 Å². The molecule has 4 heteroatoms. The van der Waals surface area contributed by atoms with Gasteiger partial charge in [0.2, 0.25) is 5.91 Å². The molecule has 2 saturated heterocycles. The minimum absolute atomic E-state index is 0.0802. The molecule has 1 amide bonds. The number of aliphatic hydroxyl groups is 1. The zero-order valence-corrected chi connectivity index (χ0v) is 7.78. The third kappa shape index (κ3) is 0.892. The number of Topliss-reactive ketones (excluding diaryl/α,β-unsaturated/α-hetero) is 1. The van der Waals surface area contributed by atoms with Crippen LogP contribution in [-0.2, 0) is 9.59 Å². The SMILES string of the molecule is C[C@@H](O)[C@H]1C(=O)N2CC(=O)C[C@]12C. The van der Waals surface area contributed by atoms with Crippen LogP contribution < -0.4 is 0 Å². The highest BCUT2D eigenvalue weighted by atomic mass is 16.3. The third-order valence-electron chi connectivity index (χ3n) is 3.19. The molecular weight excluding hydrogens is 170 g/mol. The smallest absolute Gasteiger partial charge is 0.231 e. The second-order valence-corrected chi connectivity index (χ2v) is 4.22. The monoisotopic (exact) mass is 183 g/mol. The van der Waals surface area contributed by atoms with Gasteiger partial charge in [0, 0.05) is 6.42 Å². The van der Waals surface area contributed by atoms with Crippen LogP contribution in [0.15, 0.2) is 0 Å². The second kappa shape index (κ2) is 2.32. The molecule has 0 aromatic carbocycles. The Balaban J connectivity index is 2.27. The second-order valence-electron chi connectivity index (χ2n) is 4.22. The number of amides is 1. The zero-order chi connectivity index (χ0) is 9.80. The molecule has 0 radical (unpaired) electrons. The molecule has 2 aliphatic rings. The summed E-state index contributed by atoms with van der Waals surface area (Å²) in [7, 11) is 0. The fraction of sp³-hybridized carbons (Fsp3) is 0.778. The number of hydrogen-bond acceptors (Lipinski definition) is 3. The largest absolute Gasteiger partial charge is 0.392 e. The van der Waals surface area contributed by atoms with Crippen LogP contribution in [0.3, 0.4) is 0 Å². The molecule has 1 N–H and O–H groups in total. The number of rotatable bonds is 1. The first kappa shape index (κ1) is 8.69. The van der Waals surface area contributed by atoms with Crippen molar-refractivity contribution in [1.82, 2.24) is 4.90 Å². The predicted octanol–water partition coefficient (Wildman–Crippen LogP) is -0.443. The van der Waals surface area contributed by atoms with Crippen molar-refractivity contribution in [2.45, 2.75) is 31.9 Å². The minimum Gasteiger partial charge on any atom is -0.392 e. The van der Waals surface area contributed by atoms with Crippen LogP contribution in [0.1, 0.15) is 20.3 Å². The topological polar surface area (TPSA) is 57.6 Å². The van der Waals surface area contributed by atoms with Gasteiger partial charge in [0.25, 0.3) is 0 Å². The van der Waals surface area contributed by atoms with E-state index >= 15 is 0 Å². The molecule has 13 heavy (non-hydrogen) atoms. The van der Waals surface area contributed by atoms with Crippen LogP contribution in [0.2, 0.25) is 0 Å². The molecule has 0 saturated carbocycles. The molecule has 2 rings (SSSR count). The maximum absolute atomic E-state index is 11.4. The van der Waals surface area contributed by atoms with Gasteiger partial charge in [-0.1, -0.05) is 0 Å². The van der Waals surface area contributed by atoms with E-state index in [0.29, 0.717) is 6.42 Å². The van der Waals surface area contributed by atoms with E-state index in [-0.39, 0.29) is 24.2 Å². The molecular formula is C9H13NO3. The van der Waals surface area contributed by atoms with E-state index in [0.717, 1.165) is 0 Å². The summed E-state index contributed by atoms with van der Waals surface area (Å²) >= 11 is 0. The van der Waals surface area contributed by atoms with Crippen molar-refractivity contribution in [3.8, 4) is 0 Å². The van der Waals surface area contributed by atoms with Crippen LogP contribution in [0, 0.1) is 5.92 Å². The van der Waals surface area contributed by atoms with Gasteiger partial charge in [0.15, 0.2) is 5.78 Å². The lowest BCUT2D eigenvalue weighted by atomic mass is 9.72. The van der Waals surface area contributed by atoms with Crippen molar-refractivity contribution in [3.63, 3.8) is 0 Å². The number of hydrogen-bond donors (Lipinski definition) is 1. The van der Waals surface area contributed by atoms with E-state index in [1.54, 1.807) is 11.8 Å². The molecule has 0 unspecified atom stereocenters. The first-order valence-corrected chi connectivity index (χ1v) is 4.48. The Kier molecular flexibility index (Phi) is 1.55. The Morgan fingerprint density at radius 2 is 2.23 bits per heavy atom. The molecule has 0 aliphatic carbocycles. The molecule has 0 spiro atoms. The number of fused-ring (bicyclic) bond motifs is 1. The molecule has 2 heterocycles. The normalized spacial score (nSPS) is 40.2. The van der Waals surface area contributed by atoms with Crippen molar-refractivity contribution in [3.05, 3.63) is 0 Å². The van der Waals surface area contributed by atoms with E-state index in [4.69, 9.17) is 0 Å². The number of aliphatic hydroxyl groups excluding tert-OH is 1. The summed E-state index contributed by atoms with van der Waals surface area (Å²) in [6.07, 6.45) is -0.256. The van der Waals surface area contributed by atoms with E-state index in [1.165, 1.54) is 0 Å². The van der Waals surface area contributed by atoms with Crippen LogP contribution in [0.4, 0.5) is 0 Å². The quantitative estimate of drug-likeness (QED) is 0.560. The van der Waals surface area contributed by atoms with Gasteiger partial charge in [-0.3, -0.25) is 9.59 Å². The summed E-state index contributed by atoms with van der Waals surface area (Å²) in [5, 5.41) is 9.38. The molecule has 0 bridgehead atoms. The van der Waals surface area contributed by atoms with Crippen LogP contribution in [-0.4, -0.2) is 39.9 Å². The van der Waals surface area contributed by atoms with Gasteiger partial charge < -0.3 is 10.0 Å². The van der Waals surface area contributed by atoms with Gasteiger partial charge in [0.1, 0.15) is 0 Å². The summed E-state index contributed by atoms with van der Waals surface area (Å²) in [6, 6.07) is 0. The van der Waals surface area contributed by atoms with E-state index in [9.17, 15) is 14.7 Å². The third-order valence-corrected chi connectivity index (χ3v) is 3.19. The number of carbonyl (C=O) groups is 2. The lowest BCUT2D eigenvalue weighted by Crippen LogP contribution is -2.69. The summed E-state index contributed by atoms with van der Waals surface area (Å²) in [4.78, 5) is 24.2. The highest BCUT2D eigenvalue weighted by molar-refractivity contribution is 5.99. The Bertz CT molecular complexity index is 287. The lowest BCUT2D eigenvalue weighted by molar-refractivity contribution is -0.172. The first-order valence-electron chi connectivity index (χ1n) is 4.48. The number of nitrogens with zero attached hydrogens (tertiary/aromatic N) is 1. The van der Waals surface area contributed by atoms with E-state index < -0.39 is 11.6 Å². The van der Waals surface area contributed by atoms with Gasteiger partial charge >= 0.3 is 0 Å². The molecule has 0 aromatic rings. The van der Waals surface area contributed by atoms with Gasteiger partial charge in [-0.2, -0.15) is 0 Å². The Hall–Kier alpha value is -0.900. The summed E-state index contributed by atoms with van der Waals surface area (Å²) < 4.78 is 0. The maximum Gasteiger partial charge on any atom is 0.231 e. The number of carbonyl (C=O) groups excluding carboxylic acids is 2. The molecule has 72 valence electrons. The minimum atomic E-state index is -0.653. The fourth-order valence-electron chi connectivity index (χ4n) is 2.61. The highest BCUT2D eigenvalue weighted by Gasteiger charge is 2.62. The van der Waals surface area contributed by atoms with Crippen molar-refractivity contribution < 1.29 is 14.7 Å². The van der Waals surface area contributed by atoms with Gasteiger partial charge in [-0.15, -0.1) is 0 Å². The summed E-state index contributed by atoms with van der Waals surface area (Å²) in [5.74, 6) is -0.360. The van der Waals surface area contributed by atoms with Gasteiger partial charge in [0.05, 0.1) is 24.1 Å². The first-order chi connectivity index (χ1) is 5.97. The number of β-lactam (4-membered cyclic amide) rings is 1. The molecule has 2 aliphatic heterocycles.